The molecule has 0 bridgehead atoms. The minimum absolute atomic E-state index is 0.0898. The fourth-order valence-electron chi connectivity index (χ4n) is 1.90. The molecule has 0 aromatic heterocycles. The second-order valence-electron chi connectivity index (χ2n) is 4.97. The van der Waals surface area contributed by atoms with Crippen LogP contribution >= 0.6 is 0 Å². The second kappa shape index (κ2) is 5.61. The molecule has 0 aliphatic carbocycles. The number of benzene rings is 1. The quantitative estimate of drug-likeness (QED) is 0.851. The van der Waals surface area contributed by atoms with Crippen molar-refractivity contribution in [3.63, 3.8) is 0 Å². The molecule has 0 amide bonds. The number of aliphatic imine (C=N–C) groups is 1. The zero-order valence-electron chi connectivity index (χ0n) is 11.2. The maximum Gasteiger partial charge on any atom is 0.191 e. The maximum absolute atomic E-state index is 11.2. The number of hydrogen-bond acceptors (Lipinski definition) is 5. The molecule has 0 fully saturated rings. The van der Waals surface area contributed by atoms with Gasteiger partial charge in [0, 0.05) is 18.8 Å². The molecule has 0 saturated carbocycles. The average Bonchev–Trinajstić information content (AvgIpc) is 2.72. The topological polar surface area (TPSA) is 70.6 Å². The zero-order chi connectivity index (χ0) is 13.9. The first-order valence-electron chi connectivity index (χ1n) is 6.23. The van der Waals surface area contributed by atoms with Crippen LogP contribution in [0.25, 0.3) is 0 Å². The Labute approximate surface area is 114 Å². The summed E-state index contributed by atoms with van der Waals surface area (Å²) >= 11 is 0. The number of rotatable bonds is 4. The van der Waals surface area contributed by atoms with E-state index in [1.807, 2.05) is 24.3 Å². The van der Waals surface area contributed by atoms with Gasteiger partial charge in [0.25, 0.3) is 0 Å². The van der Waals surface area contributed by atoms with Crippen molar-refractivity contribution in [2.24, 2.45) is 4.99 Å². The predicted octanol–water partition coefficient (Wildman–Crippen LogP) is 0.668. The van der Waals surface area contributed by atoms with Gasteiger partial charge in [-0.1, -0.05) is 24.3 Å². The molecule has 6 heteroatoms. The van der Waals surface area contributed by atoms with Crippen molar-refractivity contribution in [3.05, 3.63) is 35.4 Å². The van der Waals surface area contributed by atoms with E-state index < -0.39 is 9.84 Å². The summed E-state index contributed by atoms with van der Waals surface area (Å²) in [5, 5.41) is 6.44. The number of sulfone groups is 1. The Morgan fingerprint density at radius 2 is 1.95 bits per heavy atom. The molecule has 2 N–H and O–H groups in total. The van der Waals surface area contributed by atoms with Crippen molar-refractivity contribution in [1.82, 2.24) is 10.6 Å². The third kappa shape index (κ3) is 4.55. The fourth-order valence-corrected chi connectivity index (χ4v) is 2.70. The van der Waals surface area contributed by atoms with Gasteiger partial charge in [-0.3, -0.25) is 4.99 Å². The van der Waals surface area contributed by atoms with E-state index in [1.165, 1.54) is 6.26 Å². The van der Waals surface area contributed by atoms with Gasteiger partial charge in [0.05, 0.1) is 12.3 Å². The van der Waals surface area contributed by atoms with Crippen LogP contribution in [0.1, 0.15) is 18.1 Å². The fraction of sp³-hybridized carbons (Fsp3) is 0.462. The van der Waals surface area contributed by atoms with E-state index >= 15 is 0 Å². The van der Waals surface area contributed by atoms with Crippen molar-refractivity contribution in [1.29, 1.82) is 0 Å². The predicted molar refractivity (Wildman–Crippen MR) is 76.7 cm³/mol. The monoisotopic (exact) mass is 281 g/mol. The molecule has 2 rings (SSSR count). The SMILES string of the molecule is CC1CN=C(NCc2ccc(CS(C)(=O)=O)cc2)N1. The first-order chi connectivity index (χ1) is 8.92. The summed E-state index contributed by atoms with van der Waals surface area (Å²) < 4.78 is 22.4. The van der Waals surface area contributed by atoms with Gasteiger partial charge in [0.15, 0.2) is 15.8 Å². The molecule has 0 saturated heterocycles. The smallest absolute Gasteiger partial charge is 0.191 e. The Hall–Kier alpha value is -1.56. The van der Waals surface area contributed by atoms with E-state index in [4.69, 9.17) is 0 Å². The third-order valence-corrected chi connectivity index (χ3v) is 3.68. The lowest BCUT2D eigenvalue weighted by molar-refractivity contribution is 0.601. The average molecular weight is 281 g/mol. The van der Waals surface area contributed by atoms with Crippen LogP contribution in [0.2, 0.25) is 0 Å². The van der Waals surface area contributed by atoms with Gasteiger partial charge in [0.2, 0.25) is 0 Å². The van der Waals surface area contributed by atoms with Gasteiger partial charge in [-0.2, -0.15) is 0 Å². The summed E-state index contributed by atoms with van der Waals surface area (Å²) in [6.45, 7) is 3.56. The summed E-state index contributed by atoms with van der Waals surface area (Å²) in [6.07, 6.45) is 1.24. The van der Waals surface area contributed by atoms with Crippen molar-refractivity contribution in [2.45, 2.75) is 25.3 Å². The van der Waals surface area contributed by atoms with Crippen LogP contribution in [-0.4, -0.2) is 33.2 Å². The molecule has 0 radical (unpaired) electrons. The highest BCUT2D eigenvalue weighted by Crippen LogP contribution is 2.08. The van der Waals surface area contributed by atoms with Gasteiger partial charge in [-0.25, -0.2) is 8.42 Å². The summed E-state index contributed by atoms with van der Waals surface area (Å²) in [7, 11) is -2.97. The number of nitrogens with zero attached hydrogens (tertiary/aromatic N) is 1. The molecule has 1 aliphatic rings. The highest BCUT2D eigenvalue weighted by molar-refractivity contribution is 7.89. The first-order valence-corrected chi connectivity index (χ1v) is 8.29. The Kier molecular flexibility index (Phi) is 4.09. The second-order valence-corrected chi connectivity index (χ2v) is 7.11. The van der Waals surface area contributed by atoms with Crippen LogP contribution in [-0.2, 0) is 22.1 Å². The Bertz CT molecular complexity index is 564. The van der Waals surface area contributed by atoms with Crippen LogP contribution in [0.5, 0.6) is 0 Å². The minimum atomic E-state index is -2.97. The molecule has 1 unspecified atom stereocenters. The summed E-state index contributed by atoms with van der Waals surface area (Å²) in [5.74, 6) is 0.916. The summed E-state index contributed by atoms with van der Waals surface area (Å²) in [5.41, 5.74) is 1.91. The highest BCUT2D eigenvalue weighted by atomic mass is 32.2. The molecule has 1 aromatic carbocycles. The molecule has 1 aliphatic heterocycles. The molecule has 5 nitrogen and oxygen atoms in total. The maximum atomic E-state index is 11.2. The normalized spacial score (nSPS) is 18.8. The lowest BCUT2D eigenvalue weighted by Gasteiger charge is -2.09. The van der Waals surface area contributed by atoms with Crippen molar-refractivity contribution < 1.29 is 8.42 Å². The lowest BCUT2D eigenvalue weighted by atomic mass is 10.1. The van der Waals surface area contributed by atoms with Gasteiger partial charge >= 0.3 is 0 Å². The van der Waals surface area contributed by atoms with Gasteiger partial charge < -0.3 is 10.6 Å². The molecule has 1 aromatic rings. The van der Waals surface area contributed by atoms with Crippen LogP contribution in [0.15, 0.2) is 29.3 Å². The summed E-state index contributed by atoms with van der Waals surface area (Å²) in [4.78, 5) is 4.31. The van der Waals surface area contributed by atoms with E-state index in [9.17, 15) is 8.42 Å². The molecule has 104 valence electrons. The van der Waals surface area contributed by atoms with Crippen molar-refractivity contribution >= 4 is 15.8 Å². The lowest BCUT2D eigenvalue weighted by Crippen LogP contribution is -2.37. The van der Waals surface area contributed by atoms with E-state index in [2.05, 4.69) is 22.5 Å². The van der Waals surface area contributed by atoms with E-state index in [0.717, 1.165) is 23.6 Å². The van der Waals surface area contributed by atoms with Gasteiger partial charge in [-0.05, 0) is 18.1 Å². The number of guanidine groups is 1. The Balaban J connectivity index is 1.89. The molecule has 1 heterocycles. The Morgan fingerprint density at radius 3 is 2.47 bits per heavy atom. The number of nitrogens with one attached hydrogen (secondary N) is 2. The van der Waals surface area contributed by atoms with Crippen LogP contribution in [0, 0.1) is 0 Å². The van der Waals surface area contributed by atoms with Gasteiger partial charge in [0.1, 0.15) is 0 Å². The van der Waals surface area contributed by atoms with E-state index in [0.29, 0.717) is 12.6 Å². The molecule has 0 spiro atoms. The van der Waals surface area contributed by atoms with E-state index in [1.54, 1.807) is 0 Å². The van der Waals surface area contributed by atoms with E-state index in [-0.39, 0.29) is 5.75 Å². The number of hydrogen-bond donors (Lipinski definition) is 2. The Morgan fingerprint density at radius 1 is 1.32 bits per heavy atom. The molecule has 1 atom stereocenters. The highest BCUT2D eigenvalue weighted by Gasteiger charge is 2.11. The molecular formula is C13H19N3O2S. The summed E-state index contributed by atoms with van der Waals surface area (Å²) in [6, 6.07) is 7.97. The zero-order valence-corrected chi connectivity index (χ0v) is 12.0. The van der Waals surface area contributed by atoms with Crippen LogP contribution in [0.3, 0.4) is 0 Å². The van der Waals surface area contributed by atoms with Gasteiger partial charge in [-0.15, -0.1) is 0 Å². The van der Waals surface area contributed by atoms with Crippen molar-refractivity contribution in [3.8, 4) is 0 Å². The van der Waals surface area contributed by atoms with Crippen LogP contribution in [0.4, 0.5) is 0 Å². The first kappa shape index (κ1) is 13.9. The third-order valence-electron chi connectivity index (χ3n) is 2.82. The van der Waals surface area contributed by atoms with Crippen LogP contribution < -0.4 is 10.6 Å². The standard InChI is InChI=1S/C13H19N3O2S/c1-10-7-14-13(16-10)15-8-11-3-5-12(6-4-11)9-19(2,17)18/h3-6,10H,7-9H2,1-2H3,(H2,14,15,16). The van der Waals surface area contributed by atoms with Crippen molar-refractivity contribution in [2.75, 3.05) is 12.8 Å². The molecular weight excluding hydrogens is 262 g/mol. The largest absolute Gasteiger partial charge is 0.352 e. The molecule has 19 heavy (non-hydrogen) atoms. The minimum Gasteiger partial charge on any atom is -0.352 e.